The van der Waals surface area contributed by atoms with E-state index < -0.39 is 29.6 Å². The number of rotatable bonds is 10. The van der Waals surface area contributed by atoms with Crippen molar-refractivity contribution in [2.24, 2.45) is 11.3 Å². The topological polar surface area (TPSA) is 158 Å². The monoisotopic (exact) mass is 582 g/mol. The van der Waals surface area contributed by atoms with Crippen molar-refractivity contribution in [3.8, 4) is 23.5 Å². The Labute approximate surface area is 244 Å². The summed E-state index contributed by atoms with van der Waals surface area (Å²) in [5.74, 6) is 5.97. The molecule has 1 aliphatic heterocycles. The maximum atomic E-state index is 12.2. The molecule has 2 fully saturated rings. The number of unbranched alkanes of at least 4 members (excludes halogenated alkanes) is 1. The number of ether oxygens (including phenoxy) is 4. The van der Waals surface area contributed by atoms with Crippen molar-refractivity contribution in [3.05, 3.63) is 23.9 Å². The molecule has 12 nitrogen and oxygen atoms in total. The zero-order valence-electron chi connectivity index (χ0n) is 24.6. The molecule has 2 aromatic rings. The minimum atomic E-state index is -1.10. The van der Waals surface area contributed by atoms with Gasteiger partial charge in [0.25, 0.3) is 0 Å². The molecule has 4 rings (SSSR count). The normalized spacial score (nSPS) is 21.9. The average molecular weight is 583 g/mol. The molecule has 1 amide bonds. The molecule has 42 heavy (non-hydrogen) atoms. The van der Waals surface area contributed by atoms with Gasteiger partial charge in [-0.25, -0.2) is 19.6 Å². The van der Waals surface area contributed by atoms with E-state index in [9.17, 15) is 19.5 Å². The van der Waals surface area contributed by atoms with E-state index in [2.05, 4.69) is 32.4 Å². The van der Waals surface area contributed by atoms with Crippen molar-refractivity contribution in [1.82, 2.24) is 20.6 Å². The van der Waals surface area contributed by atoms with Crippen LogP contribution in [0.1, 0.15) is 58.6 Å². The number of carboxylic acids is 1. The number of hydrogen-bond donors (Lipinski definition) is 3. The molecule has 5 unspecified atom stereocenters. The van der Waals surface area contributed by atoms with Gasteiger partial charge in [0, 0.05) is 25.5 Å². The van der Waals surface area contributed by atoms with Gasteiger partial charge in [-0.3, -0.25) is 4.79 Å². The van der Waals surface area contributed by atoms with Gasteiger partial charge in [-0.2, -0.15) is 0 Å². The summed E-state index contributed by atoms with van der Waals surface area (Å²) in [4.78, 5) is 44.9. The smallest absolute Gasteiger partial charge is 0.408 e. The summed E-state index contributed by atoms with van der Waals surface area (Å²) >= 11 is 0. The highest BCUT2D eigenvalue weighted by molar-refractivity contribution is 5.81. The second kappa shape index (κ2) is 13.2. The zero-order valence-corrected chi connectivity index (χ0v) is 24.6. The summed E-state index contributed by atoms with van der Waals surface area (Å²) in [7, 11) is 2.93. The van der Waals surface area contributed by atoms with E-state index in [1.807, 2.05) is 6.07 Å². The summed E-state index contributed by atoms with van der Waals surface area (Å²) in [6.45, 7) is 5.69. The average Bonchev–Trinajstić information content (AvgIpc) is 3.50. The summed E-state index contributed by atoms with van der Waals surface area (Å²) in [6.07, 6.45) is 2.16. The van der Waals surface area contributed by atoms with Crippen molar-refractivity contribution >= 4 is 29.1 Å². The molecule has 1 aliphatic carbocycles. The first-order chi connectivity index (χ1) is 20.0. The molecule has 226 valence electrons. The van der Waals surface area contributed by atoms with Gasteiger partial charge < -0.3 is 34.7 Å². The number of aliphatic carboxylic acids is 1. The molecule has 1 aromatic carbocycles. The van der Waals surface area contributed by atoms with Crippen LogP contribution in [0.3, 0.4) is 0 Å². The lowest BCUT2D eigenvalue weighted by atomic mass is 9.87. The van der Waals surface area contributed by atoms with E-state index in [4.69, 9.17) is 18.9 Å². The largest absolute Gasteiger partial charge is 0.497 e. The number of alkyl carbamates (subject to hydrolysis) is 1. The van der Waals surface area contributed by atoms with Crippen LogP contribution < -0.4 is 20.1 Å². The number of carbonyl (C=O) groups excluding carboxylic acids is 2. The highest BCUT2D eigenvalue weighted by Gasteiger charge is 2.41. The van der Waals surface area contributed by atoms with Gasteiger partial charge >= 0.3 is 18.0 Å². The summed E-state index contributed by atoms with van der Waals surface area (Å²) in [5, 5.41) is 14.9. The first kappa shape index (κ1) is 30.8. The van der Waals surface area contributed by atoms with E-state index in [0.717, 1.165) is 19.3 Å². The molecule has 0 spiro atoms. The van der Waals surface area contributed by atoms with Gasteiger partial charge in [0.05, 0.1) is 25.3 Å². The van der Waals surface area contributed by atoms with Crippen LogP contribution in [-0.4, -0.2) is 78.2 Å². The number of amides is 1. The Morgan fingerprint density at radius 2 is 1.95 bits per heavy atom. The third-order valence-corrected chi connectivity index (χ3v) is 7.27. The minimum absolute atomic E-state index is 0.218. The molecule has 1 aromatic heterocycles. The first-order valence-electron chi connectivity index (χ1n) is 14.0. The van der Waals surface area contributed by atoms with Gasteiger partial charge in [-0.1, -0.05) is 26.7 Å². The SMILES string of the molecule is COC(=O)C1CC(Oc2nc3cc(OC)ccc3nc2C#CCCCC2CC2OC(=O)NC(C(=O)O)C(C)(C)C)CN1. The predicted molar refractivity (Wildman–Crippen MR) is 152 cm³/mol. The Morgan fingerprint density at radius 1 is 1.17 bits per heavy atom. The number of methoxy groups -OCH3 is 2. The van der Waals surface area contributed by atoms with Crippen LogP contribution >= 0.6 is 0 Å². The standard InChI is InChI=1S/C30H38N4O8/c1-30(2,3)25(27(35)36)34-29(38)42-24-13-17(24)9-7-6-8-10-21-26(41-19-15-23(31-16-19)28(37)40-5)33-22-14-18(39-4)11-12-20(22)32-21/h11-12,14,17,19,23-25,31H,6-7,9,13,15-16H2,1-5H3,(H,34,38)(H,35,36). The number of aromatic nitrogens is 2. The van der Waals surface area contributed by atoms with Crippen molar-refractivity contribution in [3.63, 3.8) is 0 Å². The van der Waals surface area contributed by atoms with Crippen LogP contribution in [0.2, 0.25) is 0 Å². The Kier molecular flexibility index (Phi) is 9.73. The maximum absolute atomic E-state index is 12.2. The number of carbonyl (C=O) groups is 3. The number of carboxylic acid groups (broad SMARTS) is 1. The van der Waals surface area contributed by atoms with Gasteiger partial charge in [-0.15, -0.1) is 0 Å². The molecular weight excluding hydrogens is 544 g/mol. The summed E-state index contributed by atoms with van der Waals surface area (Å²) in [5.41, 5.74) is 1.02. The van der Waals surface area contributed by atoms with Gasteiger partial charge in [0.1, 0.15) is 30.0 Å². The quantitative estimate of drug-likeness (QED) is 0.215. The van der Waals surface area contributed by atoms with Gasteiger partial charge in [0.15, 0.2) is 5.69 Å². The molecule has 0 radical (unpaired) electrons. The number of esters is 1. The van der Waals surface area contributed by atoms with E-state index in [-0.39, 0.29) is 30.0 Å². The van der Waals surface area contributed by atoms with Crippen molar-refractivity contribution in [2.45, 2.75) is 77.2 Å². The lowest BCUT2D eigenvalue weighted by Crippen LogP contribution is -2.49. The maximum Gasteiger partial charge on any atom is 0.408 e. The molecule has 12 heteroatoms. The van der Waals surface area contributed by atoms with Crippen molar-refractivity contribution in [2.75, 3.05) is 20.8 Å². The highest BCUT2D eigenvalue weighted by Crippen LogP contribution is 2.38. The number of hydrogen-bond acceptors (Lipinski definition) is 10. The first-order valence-corrected chi connectivity index (χ1v) is 14.0. The van der Waals surface area contributed by atoms with E-state index in [1.165, 1.54) is 7.11 Å². The molecule has 2 heterocycles. The fourth-order valence-corrected chi connectivity index (χ4v) is 4.79. The second-order valence-electron chi connectivity index (χ2n) is 11.6. The third-order valence-electron chi connectivity index (χ3n) is 7.27. The highest BCUT2D eigenvalue weighted by atomic mass is 16.6. The molecule has 1 saturated heterocycles. The van der Waals surface area contributed by atoms with E-state index >= 15 is 0 Å². The number of nitrogens with zero attached hydrogens (tertiary/aromatic N) is 2. The third kappa shape index (κ3) is 8.00. The predicted octanol–water partition coefficient (Wildman–Crippen LogP) is 3.06. The van der Waals surface area contributed by atoms with Crippen LogP contribution in [0.4, 0.5) is 4.79 Å². The molecular formula is C30H38N4O8. The molecule has 5 atom stereocenters. The Balaban J connectivity index is 1.33. The van der Waals surface area contributed by atoms with Crippen molar-refractivity contribution in [1.29, 1.82) is 0 Å². The van der Waals surface area contributed by atoms with Crippen LogP contribution in [0.25, 0.3) is 11.0 Å². The van der Waals surface area contributed by atoms with Gasteiger partial charge in [-0.05, 0) is 48.6 Å². The van der Waals surface area contributed by atoms with Gasteiger partial charge in [0.2, 0.25) is 5.88 Å². The van der Waals surface area contributed by atoms with Crippen LogP contribution in [0, 0.1) is 23.2 Å². The number of fused-ring (bicyclic) bond motifs is 1. The molecule has 2 aliphatic rings. The van der Waals surface area contributed by atoms with E-state index in [0.29, 0.717) is 41.9 Å². The fraction of sp³-hybridized carbons (Fsp3) is 0.567. The van der Waals surface area contributed by atoms with Crippen LogP contribution in [0.5, 0.6) is 11.6 Å². The summed E-state index contributed by atoms with van der Waals surface area (Å²) < 4.78 is 21.7. The lowest BCUT2D eigenvalue weighted by Gasteiger charge is -2.27. The molecule has 3 N–H and O–H groups in total. The van der Waals surface area contributed by atoms with Crippen LogP contribution in [-0.2, 0) is 19.1 Å². The Morgan fingerprint density at radius 3 is 2.64 bits per heavy atom. The van der Waals surface area contributed by atoms with Crippen molar-refractivity contribution < 1.29 is 38.4 Å². The number of nitrogens with one attached hydrogen (secondary N) is 2. The zero-order chi connectivity index (χ0) is 30.4. The Bertz CT molecular complexity index is 1380. The number of benzene rings is 1. The van der Waals surface area contributed by atoms with E-state index in [1.54, 1.807) is 40.0 Å². The van der Waals surface area contributed by atoms with Crippen LogP contribution in [0.15, 0.2) is 18.2 Å². The minimum Gasteiger partial charge on any atom is -0.497 e. The molecule has 0 bridgehead atoms. The Hall–Kier alpha value is -4.11. The fourth-order valence-electron chi connectivity index (χ4n) is 4.79. The molecule has 1 saturated carbocycles. The second-order valence-corrected chi connectivity index (χ2v) is 11.6. The summed E-state index contributed by atoms with van der Waals surface area (Å²) in [6, 6.07) is 3.91. The lowest BCUT2D eigenvalue weighted by molar-refractivity contribution is -0.143.